The van der Waals surface area contributed by atoms with Gasteiger partial charge in [0.1, 0.15) is 11.8 Å². The predicted molar refractivity (Wildman–Crippen MR) is 69.7 cm³/mol. The Kier molecular flexibility index (Phi) is 4.24. The Bertz CT molecular complexity index is 667. The molecular formula is C14H10FN3O2. The quantitative estimate of drug-likeness (QED) is 0.926. The molecule has 1 amide bonds. The monoisotopic (exact) mass is 271 g/mol. The standard InChI is InChI=1S/C14H10FN3O2/c15-11-9-17-7-5-10(11)14(19)18-12-3-1-2-4-13(12)20-8-6-16/h1-5,7,9H,8H2,(H,18,19). The van der Waals surface area contributed by atoms with Gasteiger partial charge in [0.05, 0.1) is 17.4 Å². The van der Waals surface area contributed by atoms with Crippen molar-refractivity contribution in [3.8, 4) is 11.8 Å². The summed E-state index contributed by atoms with van der Waals surface area (Å²) in [6.07, 6.45) is 2.29. The molecule has 2 aromatic rings. The van der Waals surface area contributed by atoms with Crippen molar-refractivity contribution >= 4 is 11.6 Å². The summed E-state index contributed by atoms with van der Waals surface area (Å²) < 4.78 is 18.6. The van der Waals surface area contributed by atoms with Crippen molar-refractivity contribution in [2.24, 2.45) is 0 Å². The zero-order valence-corrected chi connectivity index (χ0v) is 10.3. The number of anilines is 1. The van der Waals surface area contributed by atoms with E-state index in [2.05, 4.69) is 10.3 Å². The number of hydrogen-bond acceptors (Lipinski definition) is 4. The number of carbonyl (C=O) groups excluding carboxylic acids is 1. The predicted octanol–water partition coefficient (Wildman–Crippen LogP) is 2.38. The Morgan fingerprint density at radius 3 is 2.95 bits per heavy atom. The third-order valence-electron chi connectivity index (χ3n) is 2.44. The van der Waals surface area contributed by atoms with Gasteiger partial charge >= 0.3 is 0 Å². The van der Waals surface area contributed by atoms with Crippen LogP contribution in [0.25, 0.3) is 0 Å². The van der Waals surface area contributed by atoms with Gasteiger partial charge in [-0.3, -0.25) is 9.78 Å². The van der Waals surface area contributed by atoms with Crippen molar-refractivity contribution in [1.82, 2.24) is 4.98 Å². The van der Waals surface area contributed by atoms with Crippen LogP contribution in [0, 0.1) is 17.1 Å². The average Bonchev–Trinajstić information content (AvgIpc) is 2.46. The van der Waals surface area contributed by atoms with Crippen LogP contribution in [-0.2, 0) is 0 Å². The van der Waals surface area contributed by atoms with E-state index in [1.807, 2.05) is 6.07 Å². The molecule has 5 nitrogen and oxygen atoms in total. The van der Waals surface area contributed by atoms with Crippen molar-refractivity contribution in [2.75, 3.05) is 11.9 Å². The number of nitriles is 1. The molecule has 0 unspecified atom stereocenters. The number of hydrogen-bond donors (Lipinski definition) is 1. The van der Waals surface area contributed by atoms with E-state index in [9.17, 15) is 9.18 Å². The SMILES string of the molecule is N#CCOc1ccccc1NC(=O)c1ccncc1F. The Hall–Kier alpha value is -2.94. The van der Waals surface area contributed by atoms with E-state index in [-0.39, 0.29) is 12.2 Å². The van der Waals surface area contributed by atoms with E-state index in [1.54, 1.807) is 24.3 Å². The maximum absolute atomic E-state index is 13.4. The maximum atomic E-state index is 13.4. The van der Waals surface area contributed by atoms with Crippen molar-refractivity contribution in [2.45, 2.75) is 0 Å². The molecule has 1 aromatic carbocycles. The van der Waals surface area contributed by atoms with E-state index in [1.165, 1.54) is 12.3 Å². The third kappa shape index (κ3) is 3.09. The second kappa shape index (κ2) is 6.29. The van der Waals surface area contributed by atoms with Gasteiger partial charge in [-0.15, -0.1) is 0 Å². The van der Waals surface area contributed by atoms with Crippen molar-refractivity contribution in [3.63, 3.8) is 0 Å². The molecule has 100 valence electrons. The fraction of sp³-hybridized carbons (Fsp3) is 0.0714. The number of halogens is 1. The normalized spacial score (nSPS) is 9.60. The summed E-state index contributed by atoms with van der Waals surface area (Å²) in [7, 11) is 0. The minimum atomic E-state index is -0.708. The number of amides is 1. The largest absolute Gasteiger partial charge is 0.477 e. The molecule has 0 saturated carbocycles. The number of nitrogens with zero attached hydrogens (tertiary/aromatic N) is 2. The smallest absolute Gasteiger partial charge is 0.258 e. The highest BCUT2D eigenvalue weighted by Crippen LogP contribution is 2.24. The molecule has 0 aliphatic heterocycles. The van der Waals surface area contributed by atoms with Gasteiger partial charge in [0.25, 0.3) is 5.91 Å². The third-order valence-corrected chi connectivity index (χ3v) is 2.44. The van der Waals surface area contributed by atoms with Gasteiger partial charge in [0.2, 0.25) is 0 Å². The molecule has 20 heavy (non-hydrogen) atoms. The fourth-order valence-corrected chi connectivity index (χ4v) is 1.55. The van der Waals surface area contributed by atoms with E-state index >= 15 is 0 Å². The van der Waals surface area contributed by atoms with E-state index in [0.717, 1.165) is 6.20 Å². The molecule has 2 rings (SSSR count). The highest BCUT2D eigenvalue weighted by Gasteiger charge is 2.13. The summed E-state index contributed by atoms with van der Waals surface area (Å²) in [6, 6.07) is 9.72. The van der Waals surface area contributed by atoms with Crippen LogP contribution in [0.5, 0.6) is 5.75 Å². The van der Waals surface area contributed by atoms with Crippen LogP contribution >= 0.6 is 0 Å². The fourth-order valence-electron chi connectivity index (χ4n) is 1.55. The lowest BCUT2D eigenvalue weighted by Crippen LogP contribution is -2.14. The lowest BCUT2D eigenvalue weighted by molar-refractivity contribution is 0.102. The molecule has 0 spiro atoms. The number of carbonyl (C=O) groups is 1. The second-order valence-electron chi connectivity index (χ2n) is 3.75. The molecule has 1 aromatic heterocycles. The summed E-state index contributed by atoms with van der Waals surface area (Å²) in [6.45, 7) is -0.142. The molecule has 0 radical (unpaired) electrons. The zero-order valence-electron chi connectivity index (χ0n) is 10.3. The number of nitrogens with one attached hydrogen (secondary N) is 1. The maximum Gasteiger partial charge on any atom is 0.258 e. The van der Waals surface area contributed by atoms with Gasteiger partial charge in [0.15, 0.2) is 12.4 Å². The number of benzene rings is 1. The summed E-state index contributed by atoms with van der Waals surface area (Å²) in [5, 5.41) is 11.0. The van der Waals surface area contributed by atoms with Crippen LogP contribution in [0.1, 0.15) is 10.4 Å². The van der Waals surface area contributed by atoms with Gasteiger partial charge in [0, 0.05) is 6.20 Å². The average molecular weight is 271 g/mol. The highest BCUT2D eigenvalue weighted by atomic mass is 19.1. The zero-order chi connectivity index (χ0) is 14.4. The van der Waals surface area contributed by atoms with E-state index < -0.39 is 11.7 Å². The first kappa shape index (κ1) is 13.5. The van der Waals surface area contributed by atoms with Crippen LogP contribution in [-0.4, -0.2) is 17.5 Å². The first-order chi connectivity index (χ1) is 9.72. The van der Waals surface area contributed by atoms with Crippen molar-refractivity contribution in [3.05, 3.63) is 54.1 Å². The number of para-hydroxylation sites is 2. The molecule has 0 aliphatic rings. The van der Waals surface area contributed by atoms with Gasteiger partial charge in [-0.05, 0) is 18.2 Å². The summed E-state index contributed by atoms with van der Waals surface area (Å²) in [5.74, 6) is -0.977. The van der Waals surface area contributed by atoms with Crippen LogP contribution in [0.3, 0.4) is 0 Å². The van der Waals surface area contributed by atoms with E-state index in [0.29, 0.717) is 11.4 Å². The van der Waals surface area contributed by atoms with Crippen LogP contribution in [0.2, 0.25) is 0 Å². The lowest BCUT2D eigenvalue weighted by Gasteiger charge is -2.10. The number of pyridine rings is 1. The molecule has 1 heterocycles. The number of aromatic nitrogens is 1. The Balaban J connectivity index is 2.20. The van der Waals surface area contributed by atoms with Gasteiger partial charge in [-0.1, -0.05) is 12.1 Å². The van der Waals surface area contributed by atoms with Gasteiger partial charge in [-0.25, -0.2) is 4.39 Å². The first-order valence-corrected chi connectivity index (χ1v) is 5.72. The first-order valence-electron chi connectivity index (χ1n) is 5.72. The topological polar surface area (TPSA) is 75.0 Å². The lowest BCUT2D eigenvalue weighted by atomic mass is 10.2. The molecular weight excluding hydrogens is 261 g/mol. The molecule has 0 aliphatic carbocycles. The molecule has 0 saturated heterocycles. The highest BCUT2D eigenvalue weighted by molar-refractivity contribution is 6.05. The number of ether oxygens (including phenoxy) is 1. The van der Waals surface area contributed by atoms with Crippen molar-refractivity contribution < 1.29 is 13.9 Å². The minimum absolute atomic E-state index is 0.116. The van der Waals surface area contributed by atoms with Gasteiger partial charge in [-0.2, -0.15) is 5.26 Å². The summed E-state index contributed by atoms with van der Waals surface area (Å²) >= 11 is 0. The Morgan fingerprint density at radius 2 is 2.20 bits per heavy atom. The minimum Gasteiger partial charge on any atom is -0.477 e. The Morgan fingerprint density at radius 1 is 1.40 bits per heavy atom. The summed E-state index contributed by atoms with van der Waals surface area (Å²) in [4.78, 5) is 15.5. The molecule has 1 N–H and O–H groups in total. The van der Waals surface area contributed by atoms with Crippen molar-refractivity contribution in [1.29, 1.82) is 5.26 Å². The summed E-state index contributed by atoms with van der Waals surface area (Å²) in [5.41, 5.74) is 0.249. The van der Waals surface area contributed by atoms with Crippen LogP contribution < -0.4 is 10.1 Å². The van der Waals surface area contributed by atoms with Gasteiger partial charge < -0.3 is 10.1 Å². The molecule has 0 bridgehead atoms. The second-order valence-corrected chi connectivity index (χ2v) is 3.75. The number of rotatable bonds is 4. The molecule has 0 atom stereocenters. The molecule has 0 fully saturated rings. The van der Waals surface area contributed by atoms with E-state index in [4.69, 9.17) is 10.00 Å². The Labute approximate surface area is 114 Å². The van der Waals surface area contributed by atoms with Crippen LogP contribution in [0.15, 0.2) is 42.7 Å². The van der Waals surface area contributed by atoms with Crippen LogP contribution in [0.4, 0.5) is 10.1 Å². The molecule has 6 heteroatoms.